The van der Waals surface area contributed by atoms with Crippen LogP contribution < -0.4 is 5.43 Å². The summed E-state index contributed by atoms with van der Waals surface area (Å²) in [5.41, 5.74) is 5.67. The van der Waals surface area contributed by atoms with E-state index < -0.39 is 0 Å². The third kappa shape index (κ3) is 2.56. The van der Waals surface area contributed by atoms with Gasteiger partial charge in [-0.3, -0.25) is 4.79 Å². The number of hydrogen-bond acceptors (Lipinski definition) is 3. The van der Waals surface area contributed by atoms with Gasteiger partial charge in [0.25, 0.3) is 0 Å². The van der Waals surface area contributed by atoms with Crippen LogP contribution >= 0.6 is 0 Å². The molecule has 1 rings (SSSR count). The number of carbonyl (C=O) groups is 1. The summed E-state index contributed by atoms with van der Waals surface area (Å²) in [6.07, 6.45) is 0.860. The van der Waals surface area contributed by atoms with E-state index >= 15 is 0 Å². The minimum Gasteiger partial charge on any atom is -0.319 e. The van der Waals surface area contributed by atoms with Crippen LogP contribution in [0.3, 0.4) is 0 Å². The lowest BCUT2D eigenvalue weighted by Gasteiger charge is -2.15. The first-order chi connectivity index (χ1) is 6.13. The van der Waals surface area contributed by atoms with Crippen molar-refractivity contribution in [2.24, 2.45) is 0 Å². The predicted molar refractivity (Wildman–Crippen MR) is 53.9 cm³/mol. The summed E-state index contributed by atoms with van der Waals surface area (Å²) in [5, 5.41) is 1.80. The van der Waals surface area contributed by atoms with Gasteiger partial charge in [-0.2, -0.15) is 0 Å². The fraction of sp³-hybridized carbons (Fsp3) is 0.300. The second-order valence-electron chi connectivity index (χ2n) is 3.21. The van der Waals surface area contributed by atoms with E-state index in [-0.39, 0.29) is 0 Å². The van der Waals surface area contributed by atoms with E-state index in [9.17, 15) is 4.79 Å². The van der Waals surface area contributed by atoms with Crippen molar-refractivity contribution in [3.05, 3.63) is 29.3 Å². The number of nitrogens with one attached hydrogen (secondary N) is 1. The maximum absolute atomic E-state index is 10.7. The Balaban J connectivity index is 2.99. The molecule has 0 aromatic heterocycles. The highest BCUT2D eigenvalue weighted by atomic mass is 16.1. The maximum Gasteiger partial charge on any atom is 0.152 e. The number of hydrogen-bond donors (Lipinski definition) is 1. The SMILES string of the molecule is Cc1ccc(NN(C)C)c(C=O)c1. The molecule has 0 aliphatic carbocycles. The normalized spacial score (nSPS) is 10.2. The number of benzene rings is 1. The summed E-state index contributed by atoms with van der Waals surface area (Å²) in [5.74, 6) is 0. The summed E-state index contributed by atoms with van der Waals surface area (Å²) in [4.78, 5) is 10.7. The number of nitrogens with zero attached hydrogens (tertiary/aromatic N) is 1. The molecule has 0 atom stereocenters. The molecule has 1 N–H and O–H groups in total. The van der Waals surface area contributed by atoms with Crippen molar-refractivity contribution in [2.75, 3.05) is 19.5 Å². The molecular formula is C10H14N2O. The highest BCUT2D eigenvalue weighted by molar-refractivity contribution is 5.84. The molecule has 70 valence electrons. The molecule has 0 spiro atoms. The Morgan fingerprint density at radius 2 is 2.08 bits per heavy atom. The minimum atomic E-state index is 0.689. The summed E-state index contributed by atoms with van der Waals surface area (Å²) >= 11 is 0. The lowest BCUT2D eigenvalue weighted by atomic mass is 10.1. The molecule has 0 heterocycles. The number of rotatable bonds is 3. The van der Waals surface area contributed by atoms with Gasteiger partial charge in [0.2, 0.25) is 0 Å². The number of aryl methyl sites for hydroxylation is 1. The van der Waals surface area contributed by atoms with E-state index in [0.29, 0.717) is 5.56 Å². The van der Waals surface area contributed by atoms with Crippen molar-refractivity contribution >= 4 is 12.0 Å². The van der Waals surface area contributed by atoms with E-state index in [1.165, 1.54) is 0 Å². The van der Waals surface area contributed by atoms with Gasteiger partial charge in [0, 0.05) is 19.7 Å². The highest BCUT2D eigenvalue weighted by Gasteiger charge is 2.01. The van der Waals surface area contributed by atoms with Crippen LogP contribution in [0.15, 0.2) is 18.2 Å². The fourth-order valence-corrected chi connectivity index (χ4v) is 1.12. The first kappa shape index (κ1) is 9.74. The summed E-state index contributed by atoms with van der Waals surface area (Å²) in [6, 6.07) is 5.73. The number of anilines is 1. The van der Waals surface area contributed by atoms with E-state index in [4.69, 9.17) is 0 Å². The van der Waals surface area contributed by atoms with Crippen molar-refractivity contribution in [1.29, 1.82) is 0 Å². The molecule has 0 aliphatic rings. The quantitative estimate of drug-likeness (QED) is 0.564. The Labute approximate surface area is 78.3 Å². The Bertz CT molecular complexity index is 308. The molecule has 0 bridgehead atoms. The van der Waals surface area contributed by atoms with Crippen LogP contribution in [0.5, 0.6) is 0 Å². The van der Waals surface area contributed by atoms with Gasteiger partial charge in [0.15, 0.2) is 6.29 Å². The van der Waals surface area contributed by atoms with Crippen LogP contribution in [0.4, 0.5) is 5.69 Å². The number of carbonyl (C=O) groups excluding carboxylic acids is 1. The van der Waals surface area contributed by atoms with E-state index in [1.807, 2.05) is 39.2 Å². The molecule has 3 heteroatoms. The first-order valence-corrected chi connectivity index (χ1v) is 4.13. The van der Waals surface area contributed by atoms with Crippen molar-refractivity contribution in [1.82, 2.24) is 5.01 Å². The molecule has 0 saturated carbocycles. The standard InChI is InChI=1S/C10H14N2O/c1-8-4-5-10(11-12(2)3)9(6-8)7-13/h4-7,11H,1-3H3. The molecule has 3 nitrogen and oxygen atoms in total. The largest absolute Gasteiger partial charge is 0.319 e. The Hall–Kier alpha value is -1.35. The average Bonchev–Trinajstić information content (AvgIpc) is 2.07. The van der Waals surface area contributed by atoms with Crippen LogP contribution in [0.2, 0.25) is 0 Å². The van der Waals surface area contributed by atoms with Crippen molar-refractivity contribution in [3.8, 4) is 0 Å². The van der Waals surface area contributed by atoms with Crippen molar-refractivity contribution in [3.63, 3.8) is 0 Å². The van der Waals surface area contributed by atoms with E-state index in [1.54, 1.807) is 5.01 Å². The Kier molecular flexibility index (Phi) is 3.03. The van der Waals surface area contributed by atoms with Gasteiger partial charge in [-0.25, -0.2) is 5.01 Å². The lowest BCUT2D eigenvalue weighted by molar-refractivity contribution is 0.112. The van der Waals surface area contributed by atoms with Gasteiger partial charge in [-0.15, -0.1) is 0 Å². The third-order valence-electron chi connectivity index (χ3n) is 1.68. The number of aldehydes is 1. The zero-order chi connectivity index (χ0) is 9.84. The topological polar surface area (TPSA) is 32.3 Å². The molecular weight excluding hydrogens is 164 g/mol. The zero-order valence-electron chi connectivity index (χ0n) is 8.16. The number of hydrazine groups is 1. The van der Waals surface area contributed by atoms with Gasteiger partial charge in [-0.05, 0) is 19.1 Å². The Morgan fingerprint density at radius 1 is 1.38 bits per heavy atom. The molecule has 1 aromatic rings. The van der Waals surface area contributed by atoms with Gasteiger partial charge in [-0.1, -0.05) is 11.6 Å². The van der Waals surface area contributed by atoms with Crippen LogP contribution in [-0.4, -0.2) is 25.4 Å². The maximum atomic E-state index is 10.7. The predicted octanol–water partition coefficient (Wildman–Crippen LogP) is 1.70. The smallest absolute Gasteiger partial charge is 0.152 e. The molecule has 0 radical (unpaired) electrons. The van der Waals surface area contributed by atoms with E-state index in [2.05, 4.69) is 5.43 Å². The molecule has 1 aromatic carbocycles. The monoisotopic (exact) mass is 178 g/mol. The highest BCUT2D eigenvalue weighted by Crippen LogP contribution is 2.15. The molecule has 0 unspecified atom stereocenters. The van der Waals surface area contributed by atoms with Crippen molar-refractivity contribution < 1.29 is 4.79 Å². The van der Waals surface area contributed by atoms with Gasteiger partial charge in [0.1, 0.15) is 0 Å². The fourth-order valence-electron chi connectivity index (χ4n) is 1.12. The van der Waals surface area contributed by atoms with Crippen LogP contribution in [-0.2, 0) is 0 Å². The molecule has 0 saturated heterocycles. The summed E-state index contributed by atoms with van der Waals surface area (Å²) < 4.78 is 0. The summed E-state index contributed by atoms with van der Waals surface area (Å²) in [7, 11) is 3.77. The lowest BCUT2D eigenvalue weighted by Crippen LogP contribution is -2.20. The molecule has 0 fully saturated rings. The summed E-state index contributed by atoms with van der Waals surface area (Å²) in [6.45, 7) is 1.96. The minimum absolute atomic E-state index is 0.689. The van der Waals surface area contributed by atoms with E-state index in [0.717, 1.165) is 17.5 Å². The second kappa shape index (κ2) is 4.05. The van der Waals surface area contributed by atoms with Crippen LogP contribution in [0.25, 0.3) is 0 Å². The molecule has 13 heavy (non-hydrogen) atoms. The van der Waals surface area contributed by atoms with Gasteiger partial charge in [0.05, 0.1) is 5.69 Å². The molecule has 0 aliphatic heterocycles. The first-order valence-electron chi connectivity index (χ1n) is 4.13. The Morgan fingerprint density at radius 3 is 2.62 bits per heavy atom. The van der Waals surface area contributed by atoms with Gasteiger partial charge < -0.3 is 5.43 Å². The third-order valence-corrected chi connectivity index (χ3v) is 1.68. The second-order valence-corrected chi connectivity index (χ2v) is 3.21. The molecule has 0 amide bonds. The van der Waals surface area contributed by atoms with Crippen LogP contribution in [0.1, 0.15) is 15.9 Å². The van der Waals surface area contributed by atoms with Crippen LogP contribution in [0, 0.1) is 6.92 Å². The average molecular weight is 178 g/mol. The zero-order valence-corrected chi connectivity index (χ0v) is 8.16. The van der Waals surface area contributed by atoms with Gasteiger partial charge >= 0.3 is 0 Å². The van der Waals surface area contributed by atoms with Crippen molar-refractivity contribution in [2.45, 2.75) is 6.92 Å².